The van der Waals surface area contributed by atoms with Crippen LogP contribution < -0.4 is 10.1 Å². The molecule has 1 aromatic rings. The highest BCUT2D eigenvalue weighted by atomic mass is 19.1. The first kappa shape index (κ1) is 16.0. The van der Waals surface area contributed by atoms with Crippen molar-refractivity contribution >= 4 is 0 Å². The highest BCUT2D eigenvalue weighted by molar-refractivity contribution is 5.34. The molecule has 3 heteroatoms. The van der Waals surface area contributed by atoms with Crippen molar-refractivity contribution in [1.82, 2.24) is 5.32 Å². The summed E-state index contributed by atoms with van der Waals surface area (Å²) >= 11 is 0. The monoisotopic (exact) mass is 267 g/mol. The molecule has 0 saturated carbocycles. The molecular formula is C16H26FNO. The Morgan fingerprint density at radius 2 is 1.95 bits per heavy atom. The number of halogens is 1. The lowest BCUT2D eigenvalue weighted by Crippen LogP contribution is -2.22. The van der Waals surface area contributed by atoms with Crippen molar-refractivity contribution < 1.29 is 9.13 Å². The molecule has 108 valence electrons. The summed E-state index contributed by atoms with van der Waals surface area (Å²) in [5, 5.41) is 3.29. The summed E-state index contributed by atoms with van der Waals surface area (Å²) in [6.07, 6.45) is 0.901. The zero-order chi connectivity index (χ0) is 14.5. The summed E-state index contributed by atoms with van der Waals surface area (Å²) in [5.74, 6) is 0.108. The number of rotatable bonds is 6. The lowest BCUT2D eigenvalue weighted by molar-refractivity contribution is 0.233. The third-order valence-electron chi connectivity index (χ3n) is 2.85. The normalized spacial score (nSPS) is 11.9. The Bertz CT molecular complexity index is 396. The second-order valence-electron chi connectivity index (χ2n) is 6.42. The van der Waals surface area contributed by atoms with Crippen molar-refractivity contribution in [3.8, 4) is 5.75 Å². The fraction of sp³-hybridized carbons (Fsp3) is 0.625. The third-order valence-corrected chi connectivity index (χ3v) is 2.85. The lowest BCUT2D eigenvalue weighted by Gasteiger charge is -2.19. The molecule has 0 heterocycles. The number of ether oxygens (including phenoxy) is 1. The van der Waals surface area contributed by atoms with Gasteiger partial charge >= 0.3 is 0 Å². The molecule has 0 aliphatic carbocycles. The maximum absolute atomic E-state index is 13.8. The fourth-order valence-corrected chi connectivity index (χ4v) is 1.63. The zero-order valence-electron chi connectivity index (χ0n) is 12.7. The van der Waals surface area contributed by atoms with Crippen LogP contribution in [0.25, 0.3) is 0 Å². The molecule has 0 aromatic heterocycles. The lowest BCUT2D eigenvalue weighted by atomic mass is 9.93. The Kier molecular flexibility index (Phi) is 5.80. The van der Waals surface area contributed by atoms with Gasteiger partial charge in [0, 0.05) is 18.2 Å². The Morgan fingerprint density at radius 3 is 2.53 bits per heavy atom. The fourth-order valence-electron chi connectivity index (χ4n) is 1.63. The predicted molar refractivity (Wildman–Crippen MR) is 77.9 cm³/mol. The topological polar surface area (TPSA) is 21.3 Å². The van der Waals surface area contributed by atoms with E-state index in [1.807, 2.05) is 6.07 Å². The number of nitrogens with one attached hydrogen (secondary N) is 1. The van der Waals surface area contributed by atoms with Gasteiger partial charge in [0.25, 0.3) is 0 Å². The van der Waals surface area contributed by atoms with Crippen molar-refractivity contribution in [3.63, 3.8) is 0 Å². The van der Waals surface area contributed by atoms with Crippen LogP contribution in [0.5, 0.6) is 5.75 Å². The molecule has 0 saturated heterocycles. The van der Waals surface area contributed by atoms with E-state index in [-0.39, 0.29) is 11.2 Å². The molecule has 1 N–H and O–H groups in total. The van der Waals surface area contributed by atoms with Crippen LogP contribution in [-0.4, -0.2) is 12.6 Å². The molecule has 0 fully saturated rings. The molecule has 0 unspecified atom stereocenters. The first-order valence-electron chi connectivity index (χ1n) is 6.93. The van der Waals surface area contributed by atoms with Crippen molar-refractivity contribution in [2.24, 2.45) is 5.41 Å². The van der Waals surface area contributed by atoms with E-state index in [4.69, 9.17) is 4.74 Å². The summed E-state index contributed by atoms with van der Waals surface area (Å²) in [6.45, 7) is 11.8. The van der Waals surface area contributed by atoms with E-state index in [1.165, 1.54) is 6.07 Å². The third kappa shape index (κ3) is 6.06. The number of para-hydroxylation sites is 1. The van der Waals surface area contributed by atoms with Gasteiger partial charge in [-0.05, 0) is 17.9 Å². The van der Waals surface area contributed by atoms with Gasteiger partial charge in [0.1, 0.15) is 0 Å². The molecular weight excluding hydrogens is 241 g/mol. The van der Waals surface area contributed by atoms with Gasteiger partial charge in [-0.2, -0.15) is 0 Å². The van der Waals surface area contributed by atoms with Crippen LogP contribution >= 0.6 is 0 Å². The van der Waals surface area contributed by atoms with E-state index in [1.54, 1.807) is 6.07 Å². The van der Waals surface area contributed by atoms with Crippen LogP contribution in [0, 0.1) is 11.2 Å². The maximum Gasteiger partial charge on any atom is 0.165 e. The average molecular weight is 267 g/mol. The molecule has 0 amide bonds. The SMILES string of the molecule is CC(C)NCc1cccc(F)c1OCCC(C)(C)C. The van der Waals surface area contributed by atoms with Gasteiger partial charge in [-0.3, -0.25) is 0 Å². The van der Waals surface area contributed by atoms with Gasteiger partial charge in [-0.15, -0.1) is 0 Å². The van der Waals surface area contributed by atoms with E-state index in [0.29, 0.717) is 24.9 Å². The summed E-state index contributed by atoms with van der Waals surface area (Å²) in [6, 6.07) is 5.45. The number of hydrogen-bond acceptors (Lipinski definition) is 2. The molecule has 0 aliphatic heterocycles. The molecule has 19 heavy (non-hydrogen) atoms. The Hall–Kier alpha value is -1.09. The van der Waals surface area contributed by atoms with Gasteiger partial charge in [0.2, 0.25) is 0 Å². The van der Waals surface area contributed by atoms with Crippen LogP contribution in [0.4, 0.5) is 4.39 Å². The molecule has 0 atom stereocenters. The van der Waals surface area contributed by atoms with Gasteiger partial charge in [0.05, 0.1) is 6.61 Å². The van der Waals surface area contributed by atoms with Crippen molar-refractivity contribution in [2.75, 3.05) is 6.61 Å². The largest absolute Gasteiger partial charge is 0.490 e. The number of benzene rings is 1. The Morgan fingerprint density at radius 1 is 1.26 bits per heavy atom. The summed E-state index contributed by atoms with van der Waals surface area (Å²) in [4.78, 5) is 0. The minimum atomic E-state index is -0.281. The van der Waals surface area contributed by atoms with Crippen LogP contribution in [0.2, 0.25) is 0 Å². The van der Waals surface area contributed by atoms with Crippen LogP contribution in [0.1, 0.15) is 46.6 Å². The van der Waals surface area contributed by atoms with Crippen molar-refractivity contribution in [3.05, 3.63) is 29.6 Å². The van der Waals surface area contributed by atoms with Crippen molar-refractivity contribution in [1.29, 1.82) is 0 Å². The maximum atomic E-state index is 13.8. The summed E-state index contributed by atoms with van der Waals surface area (Å²) in [5.41, 5.74) is 1.07. The first-order chi connectivity index (χ1) is 8.79. The molecule has 1 rings (SSSR count). The van der Waals surface area contributed by atoms with E-state index >= 15 is 0 Å². The van der Waals surface area contributed by atoms with Crippen LogP contribution in [-0.2, 0) is 6.54 Å². The number of hydrogen-bond donors (Lipinski definition) is 1. The predicted octanol–water partition coefficient (Wildman–Crippen LogP) is 4.14. The van der Waals surface area contributed by atoms with Crippen molar-refractivity contribution in [2.45, 2.75) is 53.6 Å². The van der Waals surface area contributed by atoms with E-state index < -0.39 is 0 Å². The Labute approximate surface area is 116 Å². The average Bonchev–Trinajstić information content (AvgIpc) is 2.27. The van der Waals surface area contributed by atoms with Gasteiger partial charge in [-0.1, -0.05) is 46.8 Å². The van der Waals surface area contributed by atoms with Crippen LogP contribution in [0.3, 0.4) is 0 Å². The molecule has 0 bridgehead atoms. The summed E-state index contributed by atoms with van der Waals surface area (Å²) in [7, 11) is 0. The zero-order valence-corrected chi connectivity index (χ0v) is 12.7. The summed E-state index contributed by atoms with van der Waals surface area (Å²) < 4.78 is 19.5. The second-order valence-corrected chi connectivity index (χ2v) is 6.42. The molecule has 0 radical (unpaired) electrons. The van der Waals surface area contributed by atoms with Gasteiger partial charge in [-0.25, -0.2) is 4.39 Å². The minimum Gasteiger partial charge on any atom is -0.490 e. The molecule has 0 aliphatic rings. The highest BCUT2D eigenvalue weighted by Gasteiger charge is 2.13. The molecule has 2 nitrogen and oxygen atoms in total. The van der Waals surface area contributed by atoms with Gasteiger partial charge < -0.3 is 10.1 Å². The van der Waals surface area contributed by atoms with Gasteiger partial charge in [0.15, 0.2) is 11.6 Å². The molecule has 1 aromatic carbocycles. The van der Waals surface area contributed by atoms with Crippen LogP contribution in [0.15, 0.2) is 18.2 Å². The minimum absolute atomic E-state index is 0.196. The van der Waals surface area contributed by atoms with E-state index in [0.717, 1.165) is 12.0 Å². The van der Waals surface area contributed by atoms with E-state index in [2.05, 4.69) is 39.9 Å². The highest BCUT2D eigenvalue weighted by Crippen LogP contribution is 2.25. The van der Waals surface area contributed by atoms with E-state index in [9.17, 15) is 4.39 Å². The smallest absolute Gasteiger partial charge is 0.165 e. The first-order valence-corrected chi connectivity index (χ1v) is 6.93. The molecule has 0 spiro atoms. The Balaban J connectivity index is 2.69. The quantitative estimate of drug-likeness (QED) is 0.836. The standard InChI is InChI=1S/C16H26FNO/c1-12(2)18-11-13-7-6-8-14(17)15(13)19-10-9-16(3,4)5/h6-8,12,18H,9-11H2,1-5H3. The second kappa shape index (κ2) is 6.90.